The molecule has 0 saturated heterocycles. The molecule has 0 aliphatic rings. The van der Waals surface area contributed by atoms with Crippen molar-refractivity contribution in [2.75, 3.05) is 31.1 Å². The summed E-state index contributed by atoms with van der Waals surface area (Å²) in [5.41, 5.74) is 2.74. The molecule has 3 aromatic rings. The first kappa shape index (κ1) is 22.8. The van der Waals surface area contributed by atoms with Gasteiger partial charge in [-0.3, -0.25) is 4.99 Å². The molecule has 1 heterocycles. The molecule has 1 aromatic heterocycles. The van der Waals surface area contributed by atoms with Crippen molar-refractivity contribution in [3.05, 3.63) is 76.2 Å². The van der Waals surface area contributed by atoms with E-state index >= 15 is 0 Å². The Morgan fingerprint density at radius 3 is 2.71 bits per heavy atom. The number of hydrogen-bond donors (Lipinski definition) is 1. The van der Waals surface area contributed by atoms with E-state index in [0.717, 1.165) is 27.6 Å². The molecule has 1 N–H and O–H groups in total. The molecule has 0 aliphatic carbocycles. The third-order valence-electron chi connectivity index (χ3n) is 4.89. The lowest BCUT2D eigenvalue weighted by Gasteiger charge is -2.22. The number of aliphatic imine (C=N–C) groups is 1. The van der Waals surface area contributed by atoms with Crippen molar-refractivity contribution in [3.63, 3.8) is 0 Å². The Hall–Kier alpha value is -2.83. The minimum Gasteiger partial charge on any atom is -0.422 e. The highest BCUT2D eigenvalue weighted by Crippen LogP contribution is 2.25. The third-order valence-corrected chi connectivity index (χ3v) is 6.04. The molecule has 0 saturated carbocycles. The van der Waals surface area contributed by atoms with Crippen LogP contribution in [-0.4, -0.2) is 36.4 Å². The summed E-state index contributed by atoms with van der Waals surface area (Å²) in [7, 11) is 0. The van der Waals surface area contributed by atoms with Crippen LogP contribution in [0.4, 0.5) is 5.69 Å². The van der Waals surface area contributed by atoms with Gasteiger partial charge >= 0.3 is 5.63 Å². The lowest BCUT2D eigenvalue weighted by molar-refractivity contribution is 0.302. The fourth-order valence-electron chi connectivity index (χ4n) is 3.24. The Bertz CT molecular complexity index is 1150. The first-order valence-corrected chi connectivity index (χ1v) is 11.3. The van der Waals surface area contributed by atoms with Gasteiger partial charge in [0.05, 0.1) is 17.2 Å². The van der Waals surface area contributed by atoms with Gasteiger partial charge in [-0.25, -0.2) is 4.79 Å². The zero-order valence-electron chi connectivity index (χ0n) is 18.2. The molecular formula is C25H28N2O3S. The summed E-state index contributed by atoms with van der Waals surface area (Å²) in [6, 6.07) is 15.8. The van der Waals surface area contributed by atoms with Crippen molar-refractivity contribution in [1.29, 1.82) is 0 Å². The molecule has 0 spiro atoms. The highest BCUT2D eigenvalue weighted by Gasteiger charge is 2.09. The van der Waals surface area contributed by atoms with Crippen LogP contribution in [0.5, 0.6) is 0 Å². The van der Waals surface area contributed by atoms with Crippen molar-refractivity contribution in [1.82, 2.24) is 0 Å². The number of aliphatic hydroxyl groups excluding tert-OH is 1. The summed E-state index contributed by atoms with van der Waals surface area (Å²) >= 11 is 1.59. The molecule has 0 amide bonds. The van der Waals surface area contributed by atoms with E-state index in [9.17, 15) is 9.90 Å². The van der Waals surface area contributed by atoms with Gasteiger partial charge in [-0.2, -0.15) is 0 Å². The minimum atomic E-state index is -0.386. The van der Waals surface area contributed by atoms with E-state index in [2.05, 4.69) is 24.0 Å². The Morgan fingerprint density at radius 2 is 2.00 bits per heavy atom. The zero-order chi connectivity index (χ0) is 22.2. The number of anilines is 1. The number of thioether (sulfide) groups is 1. The Morgan fingerprint density at radius 1 is 1.19 bits per heavy atom. The van der Waals surface area contributed by atoms with Crippen LogP contribution in [0.15, 0.2) is 73.7 Å². The van der Waals surface area contributed by atoms with Gasteiger partial charge in [0.1, 0.15) is 5.58 Å². The van der Waals surface area contributed by atoms with Gasteiger partial charge in [0.25, 0.3) is 0 Å². The molecule has 2 aromatic carbocycles. The number of benzene rings is 2. The second-order valence-electron chi connectivity index (χ2n) is 7.03. The van der Waals surface area contributed by atoms with Crippen LogP contribution >= 0.6 is 11.8 Å². The van der Waals surface area contributed by atoms with E-state index in [4.69, 9.17) is 4.42 Å². The van der Waals surface area contributed by atoms with Crippen LogP contribution in [0.1, 0.15) is 25.0 Å². The zero-order valence-corrected chi connectivity index (χ0v) is 19.0. The van der Waals surface area contributed by atoms with Crippen molar-refractivity contribution in [2.45, 2.75) is 25.7 Å². The molecule has 5 nitrogen and oxygen atoms in total. The monoisotopic (exact) mass is 436 g/mol. The van der Waals surface area contributed by atoms with Gasteiger partial charge in [-0.1, -0.05) is 30.0 Å². The van der Waals surface area contributed by atoms with E-state index < -0.39 is 0 Å². The van der Waals surface area contributed by atoms with E-state index in [1.54, 1.807) is 17.8 Å². The summed E-state index contributed by atoms with van der Waals surface area (Å²) in [6.07, 6.45) is 3.64. The quantitative estimate of drug-likeness (QED) is 0.229. The second-order valence-corrected chi connectivity index (χ2v) is 8.09. The summed E-state index contributed by atoms with van der Waals surface area (Å²) in [6.45, 7) is 8.11. The highest BCUT2D eigenvalue weighted by molar-refractivity contribution is 8.14. The lowest BCUT2D eigenvalue weighted by Crippen LogP contribution is -2.26. The average molecular weight is 437 g/mol. The van der Waals surface area contributed by atoms with Crippen LogP contribution in [0, 0.1) is 6.92 Å². The molecule has 0 unspecified atom stereocenters. The molecule has 6 heteroatoms. The summed E-state index contributed by atoms with van der Waals surface area (Å²) in [4.78, 5) is 20.3. The normalized spacial score (nSPS) is 12.1. The number of hydrogen-bond acceptors (Lipinski definition) is 6. The fourth-order valence-corrected chi connectivity index (χ4v) is 4.17. The molecule has 0 bridgehead atoms. The predicted molar refractivity (Wildman–Crippen MR) is 132 cm³/mol. The smallest absolute Gasteiger partial charge is 0.343 e. The van der Waals surface area contributed by atoms with Gasteiger partial charge in [0.15, 0.2) is 0 Å². The van der Waals surface area contributed by atoms with Crippen LogP contribution in [-0.2, 0) is 0 Å². The number of nitrogens with zero attached hydrogens (tertiary/aromatic N) is 2. The second kappa shape index (κ2) is 11.0. The molecule has 0 aliphatic heterocycles. The van der Waals surface area contributed by atoms with Gasteiger partial charge in [-0.05, 0) is 62.8 Å². The fraction of sp³-hybridized carbons (Fsp3) is 0.280. The third kappa shape index (κ3) is 5.87. The first-order chi connectivity index (χ1) is 15.0. The van der Waals surface area contributed by atoms with Crippen LogP contribution in [0.2, 0.25) is 0 Å². The molecule has 3 rings (SSSR count). The maximum absolute atomic E-state index is 12.6. The molecule has 162 valence electrons. The standard InChI is InChI=1S/C25H28N2O3S/c1-4-26-24(31-23-9-7-6-8-18(23)3)13-11-20-16-19-10-12-21(27(5-2)14-15-28)17-22(19)30-25(20)29/h6-13,16-17,28H,4-5,14-15H2,1-3H3/b13-11+,26-24+. The van der Waals surface area contributed by atoms with Crippen LogP contribution in [0.25, 0.3) is 17.0 Å². The van der Waals surface area contributed by atoms with Crippen molar-refractivity contribution < 1.29 is 9.52 Å². The minimum absolute atomic E-state index is 0.0712. The topological polar surface area (TPSA) is 66.0 Å². The Balaban J connectivity index is 1.88. The number of aryl methyl sites for hydroxylation is 1. The van der Waals surface area contributed by atoms with E-state index in [-0.39, 0.29) is 12.2 Å². The molecular weight excluding hydrogens is 408 g/mol. The number of rotatable bonds is 8. The van der Waals surface area contributed by atoms with E-state index in [1.807, 2.05) is 61.2 Å². The summed E-state index contributed by atoms with van der Waals surface area (Å²) < 4.78 is 5.59. The van der Waals surface area contributed by atoms with Crippen LogP contribution < -0.4 is 10.5 Å². The molecule has 0 atom stereocenters. The Kier molecular flexibility index (Phi) is 8.09. The number of fused-ring (bicyclic) bond motifs is 1. The van der Waals surface area contributed by atoms with Crippen molar-refractivity contribution in [3.8, 4) is 0 Å². The predicted octanol–water partition coefficient (Wildman–Crippen LogP) is 5.14. The van der Waals surface area contributed by atoms with E-state index in [0.29, 0.717) is 24.2 Å². The SMILES string of the molecule is CC/N=C(\C=C\c1cc2ccc(N(CC)CCO)cc2oc1=O)Sc1ccccc1C. The largest absolute Gasteiger partial charge is 0.422 e. The number of aliphatic hydroxyl groups is 1. The summed E-state index contributed by atoms with van der Waals surface area (Å²) in [5, 5.41) is 10.9. The van der Waals surface area contributed by atoms with Crippen molar-refractivity contribution >= 4 is 39.5 Å². The molecule has 0 fully saturated rings. The van der Waals surface area contributed by atoms with Crippen LogP contribution in [0.3, 0.4) is 0 Å². The molecule has 0 radical (unpaired) electrons. The summed E-state index contributed by atoms with van der Waals surface area (Å²) in [5.74, 6) is 0. The van der Waals surface area contributed by atoms with Gasteiger partial charge in [-0.15, -0.1) is 0 Å². The van der Waals surface area contributed by atoms with Gasteiger partial charge in [0.2, 0.25) is 0 Å². The van der Waals surface area contributed by atoms with Gasteiger partial charge < -0.3 is 14.4 Å². The lowest BCUT2D eigenvalue weighted by atomic mass is 10.1. The highest BCUT2D eigenvalue weighted by atomic mass is 32.2. The average Bonchev–Trinajstić information content (AvgIpc) is 2.77. The first-order valence-electron chi connectivity index (χ1n) is 10.5. The molecule has 31 heavy (non-hydrogen) atoms. The van der Waals surface area contributed by atoms with E-state index in [1.165, 1.54) is 5.56 Å². The van der Waals surface area contributed by atoms with Crippen molar-refractivity contribution in [2.24, 2.45) is 4.99 Å². The van der Waals surface area contributed by atoms with Gasteiger partial charge in [0, 0.05) is 41.7 Å². The Labute approximate surface area is 187 Å². The maximum Gasteiger partial charge on any atom is 0.343 e. The maximum atomic E-state index is 12.6. The number of likely N-dealkylation sites (N-methyl/N-ethyl adjacent to an activating group) is 1.